The molecule has 0 aromatic carbocycles. The molecular formula is C9H19N3O. The van der Waals surface area contributed by atoms with E-state index in [1.54, 1.807) is 7.11 Å². The Hall–Kier alpha value is -0.630. The lowest BCUT2D eigenvalue weighted by molar-refractivity contribution is 0.162. The third-order valence-electron chi connectivity index (χ3n) is 1.79. The summed E-state index contributed by atoms with van der Waals surface area (Å²) >= 11 is 0. The molecule has 0 aromatic heterocycles. The maximum Gasteiger partial charge on any atom is 0.0635 e. The van der Waals surface area contributed by atoms with Crippen molar-refractivity contribution >= 4 is 0 Å². The molecule has 4 nitrogen and oxygen atoms in total. The Balaban J connectivity index is 3.48. The SMILES string of the molecule is COCC(CCCN)NCCC#N. The van der Waals surface area contributed by atoms with Crippen LogP contribution < -0.4 is 11.1 Å². The first-order valence-corrected chi connectivity index (χ1v) is 4.64. The number of rotatable bonds is 8. The van der Waals surface area contributed by atoms with E-state index in [1.165, 1.54) is 0 Å². The van der Waals surface area contributed by atoms with E-state index in [9.17, 15) is 0 Å². The van der Waals surface area contributed by atoms with Gasteiger partial charge in [-0.3, -0.25) is 0 Å². The van der Waals surface area contributed by atoms with E-state index in [-0.39, 0.29) is 0 Å². The predicted molar refractivity (Wildman–Crippen MR) is 52.2 cm³/mol. The minimum atomic E-state index is 0.335. The molecular weight excluding hydrogens is 166 g/mol. The van der Waals surface area contributed by atoms with E-state index in [0.717, 1.165) is 19.4 Å². The fourth-order valence-electron chi connectivity index (χ4n) is 1.14. The minimum absolute atomic E-state index is 0.335. The molecule has 76 valence electrons. The van der Waals surface area contributed by atoms with Gasteiger partial charge in [0.1, 0.15) is 0 Å². The first kappa shape index (κ1) is 12.4. The van der Waals surface area contributed by atoms with E-state index in [4.69, 9.17) is 15.7 Å². The molecule has 0 aliphatic heterocycles. The maximum absolute atomic E-state index is 8.34. The van der Waals surface area contributed by atoms with Crippen LogP contribution in [-0.2, 0) is 4.74 Å². The number of hydrogen-bond acceptors (Lipinski definition) is 4. The molecule has 0 saturated carbocycles. The van der Waals surface area contributed by atoms with Gasteiger partial charge in [0.05, 0.1) is 12.7 Å². The second kappa shape index (κ2) is 9.46. The van der Waals surface area contributed by atoms with Crippen molar-refractivity contribution in [3.8, 4) is 6.07 Å². The molecule has 13 heavy (non-hydrogen) atoms. The molecule has 0 aliphatic rings. The van der Waals surface area contributed by atoms with Crippen LogP contribution in [0.5, 0.6) is 0 Å². The first-order valence-electron chi connectivity index (χ1n) is 4.64. The minimum Gasteiger partial charge on any atom is -0.383 e. The Morgan fingerprint density at radius 3 is 2.92 bits per heavy atom. The maximum atomic E-state index is 8.34. The van der Waals surface area contributed by atoms with Gasteiger partial charge in [0, 0.05) is 26.1 Å². The second-order valence-electron chi connectivity index (χ2n) is 2.95. The van der Waals surface area contributed by atoms with Gasteiger partial charge < -0.3 is 15.8 Å². The van der Waals surface area contributed by atoms with E-state index < -0.39 is 0 Å². The summed E-state index contributed by atoms with van der Waals surface area (Å²) in [6.07, 6.45) is 2.55. The molecule has 0 spiro atoms. The molecule has 0 saturated heterocycles. The predicted octanol–water partition coefficient (Wildman–Crippen LogP) is 0.244. The Labute approximate surface area is 80.1 Å². The van der Waals surface area contributed by atoms with Crippen molar-refractivity contribution in [2.45, 2.75) is 25.3 Å². The van der Waals surface area contributed by atoms with Gasteiger partial charge in [-0.25, -0.2) is 0 Å². The lowest BCUT2D eigenvalue weighted by Gasteiger charge is -2.16. The molecule has 0 aromatic rings. The zero-order chi connectivity index (χ0) is 9.94. The van der Waals surface area contributed by atoms with Crippen LogP contribution in [0.1, 0.15) is 19.3 Å². The molecule has 0 fully saturated rings. The van der Waals surface area contributed by atoms with Crippen molar-refractivity contribution in [3.05, 3.63) is 0 Å². The number of nitrogens with one attached hydrogen (secondary N) is 1. The van der Waals surface area contributed by atoms with E-state index >= 15 is 0 Å². The number of ether oxygens (including phenoxy) is 1. The third-order valence-corrected chi connectivity index (χ3v) is 1.79. The van der Waals surface area contributed by atoms with Gasteiger partial charge in [0.2, 0.25) is 0 Å². The molecule has 0 rings (SSSR count). The van der Waals surface area contributed by atoms with Gasteiger partial charge in [0.15, 0.2) is 0 Å². The zero-order valence-electron chi connectivity index (χ0n) is 8.25. The summed E-state index contributed by atoms with van der Waals surface area (Å²) in [5.74, 6) is 0. The highest BCUT2D eigenvalue weighted by Gasteiger charge is 2.05. The third kappa shape index (κ3) is 7.72. The molecule has 1 unspecified atom stereocenters. The lowest BCUT2D eigenvalue weighted by Crippen LogP contribution is -2.34. The topological polar surface area (TPSA) is 71.1 Å². The molecule has 4 heteroatoms. The molecule has 0 radical (unpaired) electrons. The highest BCUT2D eigenvalue weighted by Crippen LogP contribution is 1.96. The highest BCUT2D eigenvalue weighted by atomic mass is 16.5. The average Bonchev–Trinajstić information content (AvgIpc) is 2.14. The fraction of sp³-hybridized carbons (Fsp3) is 0.889. The van der Waals surface area contributed by atoms with E-state index in [0.29, 0.717) is 25.6 Å². The van der Waals surface area contributed by atoms with Crippen LogP contribution in [0, 0.1) is 11.3 Å². The Morgan fingerprint density at radius 2 is 2.38 bits per heavy atom. The number of nitriles is 1. The molecule has 0 bridgehead atoms. The highest BCUT2D eigenvalue weighted by molar-refractivity contribution is 4.73. The number of nitrogens with two attached hydrogens (primary N) is 1. The second-order valence-corrected chi connectivity index (χ2v) is 2.95. The smallest absolute Gasteiger partial charge is 0.0635 e. The van der Waals surface area contributed by atoms with Crippen LogP contribution in [0.3, 0.4) is 0 Å². The van der Waals surface area contributed by atoms with Crippen molar-refractivity contribution in [2.75, 3.05) is 26.8 Å². The van der Waals surface area contributed by atoms with Crippen LogP contribution in [-0.4, -0.2) is 32.8 Å². The normalized spacial score (nSPS) is 12.4. The standard InChI is InChI=1S/C9H19N3O/c1-13-8-9(4-2-5-10)12-7-3-6-11/h9,12H,2-5,7-8,10H2,1H3. The number of methoxy groups -OCH3 is 1. The summed E-state index contributed by atoms with van der Waals surface area (Å²) < 4.78 is 5.05. The van der Waals surface area contributed by atoms with Gasteiger partial charge >= 0.3 is 0 Å². The first-order chi connectivity index (χ1) is 6.35. The molecule has 0 amide bonds. The summed E-state index contributed by atoms with van der Waals surface area (Å²) in [7, 11) is 1.68. The Kier molecular flexibility index (Phi) is 9.00. The van der Waals surface area contributed by atoms with Crippen LogP contribution in [0.4, 0.5) is 0 Å². The monoisotopic (exact) mass is 185 g/mol. The Morgan fingerprint density at radius 1 is 1.62 bits per heavy atom. The van der Waals surface area contributed by atoms with Crippen molar-refractivity contribution in [2.24, 2.45) is 5.73 Å². The summed E-state index contributed by atoms with van der Waals surface area (Å²) in [4.78, 5) is 0. The van der Waals surface area contributed by atoms with Crippen molar-refractivity contribution in [1.29, 1.82) is 5.26 Å². The number of nitrogens with zero attached hydrogens (tertiary/aromatic N) is 1. The molecule has 1 atom stereocenters. The van der Waals surface area contributed by atoms with Crippen molar-refractivity contribution in [1.82, 2.24) is 5.32 Å². The summed E-state index contributed by atoms with van der Waals surface area (Å²) in [5, 5.41) is 11.6. The van der Waals surface area contributed by atoms with Gasteiger partial charge in [-0.1, -0.05) is 0 Å². The van der Waals surface area contributed by atoms with Gasteiger partial charge in [-0.15, -0.1) is 0 Å². The lowest BCUT2D eigenvalue weighted by atomic mass is 10.1. The quantitative estimate of drug-likeness (QED) is 0.531. The number of hydrogen-bond donors (Lipinski definition) is 2. The van der Waals surface area contributed by atoms with Crippen LogP contribution in [0.25, 0.3) is 0 Å². The fourth-order valence-corrected chi connectivity index (χ4v) is 1.14. The summed E-state index contributed by atoms with van der Waals surface area (Å²) in [6.45, 7) is 2.13. The zero-order valence-corrected chi connectivity index (χ0v) is 8.25. The van der Waals surface area contributed by atoms with E-state index in [2.05, 4.69) is 11.4 Å². The van der Waals surface area contributed by atoms with Crippen LogP contribution >= 0.6 is 0 Å². The van der Waals surface area contributed by atoms with E-state index in [1.807, 2.05) is 0 Å². The summed E-state index contributed by atoms with van der Waals surface area (Å²) in [5.41, 5.74) is 5.41. The van der Waals surface area contributed by atoms with Crippen molar-refractivity contribution < 1.29 is 4.74 Å². The summed E-state index contributed by atoms with van der Waals surface area (Å²) in [6, 6.07) is 2.43. The van der Waals surface area contributed by atoms with Crippen molar-refractivity contribution in [3.63, 3.8) is 0 Å². The van der Waals surface area contributed by atoms with Gasteiger partial charge in [-0.2, -0.15) is 5.26 Å². The molecule has 0 heterocycles. The van der Waals surface area contributed by atoms with Gasteiger partial charge in [0.25, 0.3) is 0 Å². The van der Waals surface area contributed by atoms with Gasteiger partial charge in [-0.05, 0) is 19.4 Å². The average molecular weight is 185 g/mol. The molecule has 3 N–H and O–H groups in total. The van der Waals surface area contributed by atoms with Crippen LogP contribution in [0.15, 0.2) is 0 Å². The Bertz CT molecular complexity index is 144. The largest absolute Gasteiger partial charge is 0.383 e. The van der Waals surface area contributed by atoms with Crippen LogP contribution in [0.2, 0.25) is 0 Å². The molecule has 0 aliphatic carbocycles.